The average Bonchev–Trinajstić information content (AvgIpc) is 3.93. The highest BCUT2D eigenvalue weighted by molar-refractivity contribution is 6.24. The van der Waals surface area contributed by atoms with Gasteiger partial charge in [-0.05, 0) is 82.6 Å². The summed E-state index contributed by atoms with van der Waals surface area (Å²) in [7, 11) is 0. The molecule has 6 heteroatoms. The first kappa shape index (κ1) is 28.9. The normalized spacial score (nSPS) is 12.4. The number of hydrogen-bond acceptors (Lipinski definition) is 3. The minimum absolute atomic E-state index is 0.814. The first-order chi connectivity index (χ1) is 27.3. The van der Waals surface area contributed by atoms with E-state index in [1.165, 1.54) is 32.3 Å². The standard InChI is InChI=1S/C49H28N6/c1-2-12-32-29(11-1)21-26-37-46(32)36-25-23-31(28-45(36)53-42-19-9-6-16-39(42)51-48(37)53)30-22-24-34-33-13-4-8-18-41(33)54(44(34)27-30)49-52-38-15-5-3-14-35(38)47-50-40-17-7-10-20-43(40)55(47)49/h1-28H. The molecule has 13 aromatic rings. The van der Waals surface area contributed by atoms with Gasteiger partial charge >= 0.3 is 0 Å². The summed E-state index contributed by atoms with van der Waals surface area (Å²) in [6.07, 6.45) is 0. The Bertz CT molecular complexity index is 3790. The van der Waals surface area contributed by atoms with Crippen LogP contribution in [-0.2, 0) is 0 Å². The summed E-state index contributed by atoms with van der Waals surface area (Å²) in [6.45, 7) is 0. The predicted octanol–water partition coefficient (Wildman–Crippen LogP) is 12.1. The summed E-state index contributed by atoms with van der Waals surface area (Å²) in [5, 5.41) is 9.43. The van der Waals surface area contributed by atoms with Crippen LogP contribution in [0.5, 0.6) is 0 Å². The topological polar surface area (TPSA) is 52.4 Å². The number of hydrogen-bond donors (Lipinski definition) is 0. The Hall–Kier alpha value is -7.57. The fraction of sp³-hybridized carbons (Fsp3) is 0. The Labute approximate surface area is 312 Å². The van der Waals surface area contributed by atoms with Gasteiger partial charge in [-0.3, -0.25) is 13.4 Å². The van der Waals surface area contributed by atoms with E-state index in [1.54, 1.807) is 0 Å². The number of para-hydroxylation sites is 6. The maximum atomic E-state index is 5.40. The zero-order valence-electron chi connectivity index (χ0n) is 29.3. The van der Waals surface area contributed by atoms with Crippen molar-refractivity contribution in [1.82, 2.24) is 28.3 Å². The zero-order chi connectivity index (χ0) is 35.8. The van der Waals surface area contributed by atoms with Gasteiger partial charge in [0.05, 0.1) is 44.1 Å². The lowest BCUT2D eigenvalue weighted by Gasteiger charge is -2.14. The molecule has 6 nitrogen and oxygen atoms in total. The molecule has 0 atom stereocenters. The zero-order valence-corrected chi connectivity index (χ0v) is 29.3. The smallest absolute Gasteiger partial charge is 0.221 e. The quantitative estimate of drug-likeness (QED) is 0.169. The van der Waals surface area contributed by atoms with Crippen LogP contribution in [0.25, 0.3) is 116 Å². The summed E-state index contributed by atoms with van der Waals surface area (Å²) in [5.41, 5.74) is 12.4. The van der Waals surface area contributed by atoms with Crippen molar-refractivity contribution in [3.05, 3.63) is 170 Å². The van der Waals surface area contributed by atoms with Gasteiger partial charge in [0, 0.05) is 32.3 Å². The Kier molecular flexibility index (Phi) is 5.54. The molecular weight excluding hydrogens is 673 g/mol. The number of pyridine rings is 1. The van der Waals surface area contributed by atoms with Crippen molar-refractivity contribution in [2.24, 2.45) is 0 Å². The number of aromatic nitrogens is 6. The van der Waals surface area contributed by atoms with Gasteiger partial charge in [-0.15, -0.1) is 0 Å². The summed E-state index contributed by atoms with van der Waals surface area (Å²) >= 11 is 0. The number of nitrogens with zero attached hydrogens (tertiary/aromatic N) is 6. The van der Waals surface area contributed by atoms with Crippen LogP contribution >= 0.6 is 0 Å². The Morgan fingerprint density at radius 3 is 1.65 bits per heavy atom. The SMILES string of the molecule is c1ccc2c(c1)ccc1c2c2ccc(-c3ccc4c5ccccc5n(-c5nc6ccccc6c6nc7ccccc7n56)c4c3)cc2n2c3ccccc3nc12. The Balaban J connectivity index is 1.14. The minimum atomic E-state index is 0.814. The first-order valence-electron chi connectivity index (χ1n) is 18.6. The molecule has 13 rings (SSSR count). The van der Waals surface area contributed by atoms with Crippen molar-refractivity contribution in [1.29, 1.82) is 0 Å². The molecule has 0 spiro atoms. The molecule has 0 radical (unpaired) electrons. The molecule has 0 saturated carbocycles. The van der Waals surface area contributed by atoms with Crippen LogP contribution in [0.15, 0.2) is 170 Å². The third kappa shape index (κ3) is 3.84. The highest BCUT2D eigenvalue weighted by atomic mass is 15.2. The molecule has 0 saturated heterocycles. The van der Waals surface area contributed by atoms with Crippen molar-refractivity contribution in [3.8, 4) is 17.1 Å². The highest BCUT2D eigenvalue weighted by Gasteiger charge is 2.21. The van der Waals surface area contributed by atoms with E-state index in [9.17, 15) is 0 Å². The third-order valence-corrected chi connectivity index (χ3v) is 11.6. The van der Waals surface area contributed by atoms with Crippen LogP contribution < -0.4 is 0 Å². The molecule has 0 N–H and O–H groups in total. The van der Waals surface area contributed by atoms with E-state index in [4.69, 9.17) is 15.0 Å². The van der Waals surface area contributed by atoms with Crippen molar-refractivity contribution in [3.63, 3.8) is 0 Å². The monoisotopic (exact) mass is 700 g/mol. The van der Waals surface area contributed by atoms with Crippen molar-refractivity contribution < 1.29 is 0 Å². The summed E-state index contributed by atoms with van der Waals surface area (Å²) in [6, 6.07) is 60.7. The summed E-state index contributed by atoms with van der Waals surface area (Å²) in [5.74, 6) is 0.814. The second-order valence-electron chi connectivity index (χ2n) is 14.5. The fourth-order valence-corrected chi connectivity index (χ4v) is 9.15. The van der Waals surface area contributed by atoms with E-state index in [-0.39, 0.29) is 0 Å². The van der Waals surface area contributed by atoms with Gasteiger partial charge in [0.25, 0.3) is 0 Å². The van der Waals surface area contributed by atoms with Gasteiger partial charge in [0.15, 0.2) is 0 Å². The second-order valence-corrected chi connectivity index (χ2v) is 14.5. The van der Waals surface area contributed by atoms with E-state index in [1.807, 2.05) is 6.07 Å². The van der Waals surface area contributed by atoms with E-state index in [2.05, 4.69) is 177 Å². The molecule has 0 aliphatic carbocycles. The Morgan fingerprint density at radius 1 is 0.327 bits per heavy atom. The van der Waals surface area contributed by atoms with Gasteiger partial charge in [-0.1, -0.05) is 109 Å². The molecule has 55 heavy (non-hydrogen) atoms. The minimum Gasteiger partial charge on any atom is -0.292 e. The largest absolute Gasteiger partial charge is 0.292 e. The van der Waals surface area contributed by atoms with Crippen LogP contribution in [0.2, 0.25) is 0 Å². The lowest BCUT2D eigenvalue weighted by atomic mass is 9.96. The second kappa shape index (κ2) is 10.5. The number of rotatable bonds is 2. The number of fused-ring (bicyclic) bond motifs is 18. The lowest BCUT2D eigenvalue weighted by Crippen LogP contribution is -2.06. The van der Waals surface area contributed by atoms with Gasteiger partial charge in [-0.2, -0.15) is 0 Å². The van der Waals surface area contributed by atoms with Gasteiger partial charge < -0.3 is 0 Å². The molecule has 5 heterocycles. The van der Waals surface area contributed by atoms with Crippen molar-refractivity contribution in [2.45, 2.75) is 0 Å². The van der Waals surface area contributed by atoms with E-state index < -0.39 is 0 Å². The predicted molar refractivity (Wildman–Crippen MR) is 227 cm³/mol. The molecule has 0 aliphatic rings. The molecule has 0 bridgehead atoms. The molecule has 0 aliphatic heterocycles. The first-order valence-corrected chi connectivity index (χ1v) is 18.6. The van der Waals surface area contributed by atoms with Gasteiger partial charge in [0.1, 0.15) is 11.3 Å². The molecular formula is C49H28N6. The van der Waals surface area contributed by atoms with Crippen LogP contribution in [-0.4, -0.2) is 28.3 Å². The van der Waals surface area contributed by atoms with Gasteiger partial charge in [0.2, 0.25) is 5.95 Å². The Morgan fingerprint density at radius 2 is 0.873 bits per heavy atom. The van der Waals surface area contributed by atoms with E-state index in [0.717, 1.165) is 83.3 Å². The molecule has 0 amide bonds. The highest BCUT2D eigenvalue weighted by Crippen LogP contribution is 2.40. The molecule has 8 aromatic carbocycles. The molecule has 254 valence electrons. The van der Waals surface area contributed by atoms with Crippen molar-refractivity contribution in [2.75, 3.05) is 0 Å². The lowest BCUT2D eigenvalue weighted by molar-refractivity contribution is 0.979. The average molecular weight is 701 g/mol. The number of imidazole rings is 2. The van der Waals surface area contributed by atoms with Crippen LogP contribution in [0.3, 0.4) is 0 Å². The fourth-order valence-electron chi connectivity index (χ4n) is 9.15. The number of benzene rings is 8. The maximum Gasteiger partial charge on any atom is 0.221 e. The maximum absolute atomic E-state index is 5.40. The van der Waals surface area contributed by atoms with Crippen LogP contribution in [0, 0.1) is 0 Å². The summed E-state index contributed by atoms with van der Waals surface area (Å²) < 4.78 is 6.90. The molecule has 0 fully saturated rings. The van der Waals surface area contributed by atoms with Crippen molar-refractivity contribution >= 4 is 98.5 Å². The van der Waals surface area contributed by atoms with Crippen LogP contribution in [0.4, 0.5) is 0 Å². The van der Waals surface area contributed by atoms with E-state index >= 15 is 0 Å². The molecule has 0 unspecified atom stereocenters. The summed E-state index contributed by atoms with van der Waals surface area (Å²) in [4.78, 5) is 15.8. The van der Waals surface area contributed by atoms with Crippen LogP contribution in [0.1, 0.15) is 0 Å². The van der Waals surface area contributed by atoms with Gasteiger partial charge in [-0.25, -0.2) is 15.0 Å². The van der Waals surface area contributed by atoms with E-state index in [0.29, 0.717) is 0 Å². The third-order valence-electron chi connectivity index (χ3n) is 11.6. The molecule has 5 aromatic heterocycles.